The van der Waals surface area contributed by atoms with Crippen LogP contribution < -0.4 is 5.73 Å². The van der Waals surface area contributed by atoms with Gasteiger partial charge in [-0.05, 0) is 6.07 Å². The Hall–Kier alpha value is -2.30. The number of aryl methyl sites for hydroxylation is 1. The zero-order valence-corrected chi connectivity index (χ0v) is 8.81. The molecule has 0 amide bonds. The van der Waals surface area contributed by atoms with Crippen LogP contribution in [0.15, 0.2) is 30.6 Å². The monoisotopic (exact) mass is 213 g/mol. The Labute approximate surface area is 91.9 Å². The summed E-state index contributed by atoms with van der Waals surface area (Å²) in [5, 5.41) is 6.82. The maximum absolute atomic E-state index is 5.60. The van der Waals surface area contributed by atoms with Gasteiger partial charge in [0.1, 0.15) is 5.82 Å². The molecular weight excluding hydrogens is 202 g/mol. The standard InChI is InChI=1S/C11H11N5/c1-16-6-13-11-7(3-2-4-9(11)16)8-5-10(12)15-14-8/h2-6H,1H3,(H3,12,14,15). The molecule has 0 spiro atoms. The first-order chi connectivity index (χ1) is 7.75. The summed E-state index contributed by atoms with van der Waals surface area (Å²) in [6.07, 6.45) is 1.80. The molecule has 0 aliphatic rings. The Morgan fingerprint density at radius 2 is 2.25 bits per heavy atom. The van der Waals surface area contributed by atoms with Gasteiger partial charge in [0, 0.05) is 18.7 Å². The predicted octanol–water partition coefficient (Wildman–Crippen LogP) is 1.55. The van der Waals surface area contributed by atoms with E-state index < -0.39 is 0 Å². The van der Waals surface area contributed by atoms with Crippen LogP contribution >= 0.6 is 0 Å². The van der Waals surface area contributed by atoms with Crippen LogP contribution in [0.1, 0.15) is 0 Å². The van der Waals surface area contributed by atoms with E-state index >= 15 is 0 Å². The highest BCUT2D eigenvalue weighted by Crippen LogP contribution is 2.26. The van der Waals surface area contributed by atoms with Gasteiger partial charge in [0.25, 0.3) is 0 Å². The first-order valence-electron chi connectivity index (χ1n) is 4.97. The molecule has 2 heterocycles. The van der Waals surface area contributed by atoms with Crippen molar-refractivity contribution in [2.45, 2.75) is 0 Å². The number of H-pyrrole nitrogens is 1. The highest BCUT2D eigenvalue weighted by atomic mass is 15.2. The van der Waals surface area contributed by atoms with Crippen LogP contribution in [0.25, 0.3) is 22.3 Å². The van der Waals surface area contributed by atoms with Gasteiger partial charge in [-0.15, -0.1) is 0 Å². The number of hydrogen-bond acceptors (Lipinski definition) is 3. The van der Waals surface area contributed by atoms with E-state index in [1.54, 1.807) is 6.33 Å². The average Bonchev–Trinajstić information content (AvgIpc) is 2.86. The Bertz CT molecular complexity index is 649. The number of nitrogen functional groups attached to an aromatic ring is 1. The van der Waals surface area contributed by atoms with Crippen molar-refractivity contribution in [2.24, 2.45) is 7.05 Å². The summed E-state index contributed by atoms with van der Waals surface area (Å²) in [4.78, 5) is 4.38. The van der Waals surface area contributed by atoms with Crippen LogP contribution in [-0.2, 0) is 7.05 Å². The van der Waals surface area contributed by atoms with Crippen molar-refractivity contribution in [1.29, 1.82) is 0 Å². The fraction of sp³-hybridized carbons (Fsp3) is 0.0909. The van der Waals surface area contributed by atoms with E-state index in [0.717, 1.165) is 22.3 Å². The lowest BCUT2D eigenvalue weighted by molar-refractivity contribution is 0.948. The summed E-state index contributed by atoms with van der Waals surface area (Å²) in [7, 11) is 1.97. The van der Waals surface area contributed by atoms with Crippen LogP contribution in [0.2, 0.25) is 0 Å². The van der Waals surface area contributed by atoms with E-state index in [9.17, 15) is 0 Å². The number of para-hydroxylation sites is 1. The lowest BCUT2D eigenvalue weighted by atomic mass is 10.1. The lowest BCUT2D eigenvalue weighted by Gasteiger charge is -1.99. The fourth-order valence-corrected chi connectivity index (χ4v) is 1.85. The maximum atomic E-state index is 5.60. The van der Waals surface area contributed by atoms with Gasteiger partial charge in [0.05, 0.1) is 23.1 Å². The average molecular weight is 213 g/mol. The normalized spacial score (nSPS) is 11.1. The Kier molecular flexibility index (Phi) is 1.73. The molecule has 0 radical (unpaired) electrons. The molecule has 0 aliphatic carbocycles. The van der Waals surface area contributed by atoms with Crippen LogP contribution in [0.4, 0.5) is 5.82 Å². The number of benzene rings is 1. The van der Waals surface area contributed by atoms with Crippen LogP contribution in [0.3, 0.4) is 0 Å². The quantitative estimate of drug-likeness (QED) is 0.644. The summed E-state index contributed by atoms with van der Waals surface area (Å²) in [5.74, 6) is 0.489. The molecule has 5 heteroatoms. The second-order valence-corrected chi connectivity index (χ2v) is 3.74. The summed E-state index contributed by atoms with van der Waals surface area (Å²) in [6.45, 7) is 0. The second kappa shape index (κ2) is 3.10. The van der Waals surface area contributed by atoms with Crippen LogP contribution in [0.5, 0.6) is 0 Å². The predicted molar refractivity (Wildman–Crippen MR) is 62.7 cm³/mol. The van der Waals surface area contributed by atoms with Crippen LogP contribution in [-0.4, -0.2) is 19.7 Å². The number of hydrogen-bond donors (Lipinski definition) is 2. The maximum Gasteiger partial charge on any atom is 0.145 e. The molecule has 16 heavy (non-hydrogen) atoms. The molecule has 0 saturated heterocycles. The van der Waals surface area contributed by atoms with E-state index in [4.69, 9.17) is 5.73 Å². The van der Waals surface area contributed by atoms with Gasteiger partial charge in [0.15, 0.2) is 0 Å². The molecule has 0 saturated carbocycles. The Balaban J connectivity index is 2.31. The first kappa shape index (κ1) is 8.96. The topological polar surface area (TPSA) is 72.5 Å². The molecule has 0 fully saturated rings. The van der Waals surface area contributed by atoms with Gasteiger partial charge >= 0.3 is 0 Å². The van der Waals surface area contributed by atoms with E-state index in [1.807, 2.05) is 35.9 Å². The van der Waals surface area contributed by atoms with E-state index in [-0.39, 0.29) is 0 Å². The number of fused-ring (bicyclic) bond motifs is 1. The molecule has 0 aliphatic heterocycles. The number of aromatic amines is 1. The number of nitrogens with zero attached hydrogens (tertiary/aromatic N) is 3. The SMILES string of the molecule is Cn1cnc2c(-c3cc(N)n[nH]3)cccc21. The highest BCUT2D eigenvalue weighted by molar-refractivity contribution is 5.91. The summed E-state index contributed by atoms with van der Waals surface area (Å²) < 4.78 is 1.98. The molecule has 3 aromatic rings. The van der Waals surface area contributed by atoms with Crippen molar-refractivity contribution in [3.63, 3.8) is 0 Å². The number of imidazole rings is 1. The van der Waals surface area contributed by atoms with Gasteiger partial charge < -0.3 is 10.3 Å². The third-order valence-corrected chi connectivity index (χ3v) is 2.64. The zero-order chi connectivity index (χ0) is 11.1. The van der Waals surface area contributed by atoms with Gasteiger partial charge in [-0.1, -0.05) is 12.1 Å². The molecule has 2 aromatic heterocycles. The number of aromatic nitrogens is 4. The number of anilines is 1. The highest BCUT2D eigenvalue weighted by Gasteiger charge is 2.09. The van der Waals surface area contributed by atoms with Crippen LogP contribution in [0, 0.1) is 0 Å². The molecule has 3 rings (SSSR count). The van der Waals surface area contributed by atoms with Crippen molar-refractivity contribution >= 4 is 16.9 Å². The van der Waals surface area contributed by atoms with Crippen molar-refractivity contribution in [3.05, 3.63) is 30.6 Å². The number of rotatable bonds is 1. The Morgan fingerprint density at radius 3 is 3.00 bits per heavy atom. The van der Waals surface area contributed by atoms with E-state index in [0.29, 0.717) is 5.82 Å². The van der Waals surface area contributed by atoms with Crippen molar-refractivity contribution < 1.29 is 0 Å². The fourth-order valence-electron chi connectivity index (χ4n) is 1.85. The van der Waals surface area contributed by atoms with Gasteiger partial charge in [-0.2, -0.15) is 5.10 Å². The number of nitrogens with two attached hydrogens (primary N) is 1. The molecule has 0 unspecified atom stereocenters. The number of nitrogens with one attached hydrogen (secondary N) is 1. The summed E-state index contributed by atoms with van der Waals surface area (Å²) >= 11 is 0. The molecule has 0 atom stereocenters. The van der Waals surface area contributed by atoms with Crippen molar-refractivity contribution in [2.75, 3.05) is 5.73 Å². The van der Waals surface area contributed by atoms with E-state index in [2.05, 4.69) is 15.2 Å². The van der Waals surface area contributed by atoms with Gasteiger partial charge in [-0.25, -0.2) is 4.98 Å². The van der Waals surface area contributed by atoms with Gasteiger partial charge in [-0.3, -0.25) is 5.10 Å². The molecular formula is C11H11N5. The third kappa shape index (κ3) is 1.18. The van der Waals surface area contributed by atoms with Gasteiger partial charge in [0.2, 0.25) is 0 Å². The third-order valence-electron chi connectivity index (χ3n) is 2.64. The van der Waals surface area contributed by atoms with Crippen molar-refractivity contribution in [3.8, 4) is 11.3 Å². The zero-order valence-electron chi connectivity index (χ0n) is 8.81. The first-order valence-corrected chi connectivity index (χ1v) is 4.97. The largest absolute Gasteiger partial charge is 0.382 e. The molecule has 5 nitrogen and oxygen atoms in total. The molecule has 3 N–H and O–H groups in total. The molecule has 1 aromatic carbocycles. The Morgan fingerprint density at radius 1 is 1.38 bits per heavy atom. The minimum Gasteiger partial charge on any atom is -0.382 e. The lowest BCUT2D eigenvalue weighted by Crippen LogP contribution is -1.84. The van der Waals surface area contributed by atoms with Crippen molar-refractivity contribution in [1.82, 2.24) is 19.7 Å². The van der Waals surface area contributed by atoms with E-state index in [1.165, 1.54) is 0 Å². The minimum absolute atomic E-state index is 0.489. The molecule has 80 valence electrons. The smallest absolute Gasteiger partial charge is 0.145 e. The minimum atomic E-state index is 0.489. The summed E-state index contributed by atoms with van der Waals surface area (Å²) in [6, 6.07) is 7.84. The second-order valence-electron chi connectivity index (χ2n) is 3.74. The summed E-state index contributed by atoms with van der Waals surface area (Å²) in [5.41, 5.74) is 9.54. The molecule has 0 bridgehead atoms.